The first-order valence-electron chi connectivity index (χ1n) is 7.40. The Morgan fingerprint density at radius 1 is 1.38 bits per heavy atom. The Kier molecular flexibility index (Phi) is 5.33. The van der Waals surface area contributed by atoms with E-state index in [1.54, 1.807) is 11.8 Å². The van der Waals surface area contributed by atoms with E-state index in [2.05, 4.69) is 0 Å². The molecule has 2 rings (SSSR count). The largest absolute Gasteiger partial charge is 0.464 e. The molecule has 0 spiro atoms. The van der Waals surface area contributed by atoms with Crippen molar-refractivity contribution in [1.29, 1.82) is 0 Å². The lowest BCUT2D eigenvalue weighted by molar-refractivity contribution is -0.151. The lowest BCUT2D eigenvalue weighted by Crippen LogP contribution is -2.50. The standard InChI is InChI=1S/C16H22N2O3/c1-2-21-16(20)14(17)15(19)18-10-6-9-13(18)11-12-7-4-3-5-8-12/h3-5,7-8,13-14H,2,6,9-11,17H2,1H3. The molecule has 1 aliphatic rings. The Bertz CT molecular complexity index is 490. The number of benzene rings is 1. The highest BCUT2D eigenvalue weighted by Gasteiger charge is 2.35. The molecule has 5 nitrogen and oxygen atoms in total. The molecule has 0 aromatic heterocycles. The molecule has 2 atom stereocenters. The Morgan fingerprint density at radius 3 is 2.76 bits per heavy atom. The van der Waals surface area contributed by atoms with Gasteiger partial charge >= 0.3 is 5.97 Å². The van der Waals surface area contributed by atoms with Crippen LogP contribution in [-0.2, 0) is 20.7 Å². The highest BCUT2D eigenvalue weighted by Crippen LogP contribution is 2.22. The van der Waals surface area contributed by atoms with Crippen molar-refractivity contribution in [3.8, 4) is 0 Å². The third-order valence-electron chi connectivity index (χ3n) is 3.78. The van der Waals surface area contributed by atoms with Gasteiger partial charge in [0.25, 0.3) is 5.91 Å². The van der Waals surface area contributed by atoms with E-state index in [9.17, 15) is 9.59 Å². The topological polar surface area (TPSA) is 72.6 Å². The first-order chi connectivity index (χ1) is 10.1. The van der Waals surface area contributed by atoms with Crippen molar-refractivity contribution < 1.29 is 14.3 Å². The summed E-state index contributed by atoms with van der Waals surface area (Å²) in [6.07, 6.45) is 2.68. The van der Waals surface area contributed by atoms with Crippen LogP contribution in [0.3, 0.4) is 0 Å². The van der Waals surface area contributed by atoms with Crippen LogP contribution in [0.1, 0.15) is 25.3 Å². The Hall–Kier alpha value is -1.88. The summed E-state index contributed by atoms with van der Waals surface area (Å²) in [6.45, 7) is 2.58. The van der Waals surface area contributed by atoms with Gasteiger partial charge in [-0.05, 0) is 31.7 Å². The molecule has 0 bridgehead atoms. The van der Waals surface area contributed by atoms with Gasteiger partial charge in [-0.3, -0.25) is 4.79 Å². The Balaban J connectivity index is 2.01. The maximum atomic E-state index is 12.4. The van der Waals surface area contributed by atoms with E-state index in [-0.39, 0.29) is 18.6 Å². The fourth-order valence-electron chi connectivity index (χ4n) is 2.74. The molecule has 1 aromatic rings. The molecular weight excluding hydrogens is 268 g/mol. The Morgan fingerprint density at radius 2 is 2.10 bits per heavy atom. The summed E-state index contributed by atoms with van der Waals surface area (Å²) in [5, 5.41) is 0. The second kappa shape index (κ2) is 7.22. The number of likely N-dealkylation sites (tertiary alicyclic amines) is 1. The second-order valence-electron chi connectivity index (χ2n) is 5.25. The minimum Gasteiger partial charge on any atom is -0.464 e. The number of nitrogens with two attached hydrogens (primary N) is 1. The number of rotatable bonds is 5. The summed E-state index contributed by atoms with van der Waals surface area (Å²) in [6, 6.07) is 8.94. The van der Waals surface area contributed by atoms with Crippen molar-refractivity contribution in [2.75, 3.05) is 13.2 Å². The highest BCUT2D eigenvalue weighted by atomic mass is 16.5. The first kappa shape index (κ1) is 15.5. The van der Waals surface area contributed by atoms with Crippen molar-refractivity contribution in [3.63, 3.8) is 0 Å². The number of esters is 1. The van der Waals surface area contributed by atoms with Crippen LogP contribution < -0.4 is 5.73 Å². The van der Waals surface area contributed by atoms with Gasteiger partial charge in [-0.1, -0.05) is 30.3 Å². The molecule has 0 radical (unpaired) electrons. The van der Waals surface area contributed by atoms with Gasteiger partial charge in [0.05, 0.1) is 6.61 Å². The van der Waals surface area contributed by atoms with Gasteiger partial charge in [0.15, 0.2) is 6.04 Å². The van der Waals surface area contributed by atoms with Crippen molar-refractivity contribution >= 4 is 11.9 Å². The van der Waals surface area contributed by atoms with Gasteiger partial charge in [0.2, 0.25) is 0 Å². The van der Waals surface area contributed by atoms with E-state index in [1.165, 1.54) is 5.56 Å². The molecule has 2 N–H and O–H groups in total. The average molecular weight is 290 g/mol. The molecule has 21 heavy (non-hydrogen) atoms. The molecule has 1 aliphatic heterocycles. The molecule has 1 saturated heterocycles. The molecule has 1 aromatic carbocycles. The van der Waals surface area contributed by atoms with E-state index in [4.69, 9.17) is 10.5 Å². The van der Waals surface area contributed by atoms with E-state index in [0.29, 0.717) is 6.54 Å². The summed E-state index contributed by atoms with van der Waals surface area (Å²) < 4.78 is 4.83. The smallest absolute Gasteiger partial charge is 0.332 e. The van der Waals surface area contributed by atoms with E-state index >= 15 is 0 Å². The molecule has 114 valence electrons. The molecule has 0 aliphatic carbocycles. The molecule has 1 heterocycles. The van der Waals surface area contributed by atoms with Gasteiger partial charge in [0, 0.05) is 12.6 Å². The maximum Gasteiger partial charge on any atom is 0.332 e. The number of carbonyl (C=O) groups excluding carboxylic acids is 2. The monoisotopic (exact) mass is 290 g/mol. The average Bonchev–Trinajstić information content (AvgIpc) is 2.95. The van der Waals surface area contributed by atoms with E-state index < -0.39 is 12.0 Å². The molecular formula is C16H22N2O3. The van der Waals surface area contributed by atoms with Crippen molar-refractivity contribution in [2.24, 2.45) is 5.73 Å². The third kappa shape index (κ3) is 3.82. The van der Waals surface area contributed by atoms with E-state index in [0.717, 1.165) is 19.3 Å². The fourth-order valence-corrected chi connectivity index (χ4v) is 2.74. The third-order valence-corrected chi connectivity index (χ3v) is 3.78. The predicted molar refractivity (Wildman–Crippen MR) is 79.5 cm³/mol. The molecule has 1 fully saturated rings. The number of carbonyl (C=O) groups is 2. The van der Waals surface area contributed by atoms with E-state index in [1.807, 2.05) is 30.3 Å². The predicted octanol–water partition coefficient (Wildman–Crippen LogP) is 1.11. The van der Waals surface area contributed by atoms with Crippen LogP contribution in [0.25, 0.3) is 0 Å². The molecule has 2 unspecified atom stereocenters. The normalized spacial score (nSPS) is 19.3. The number of nitrogens with zero attached hydrogens (tertiary/aromatic N) is 1. The van der Waals surface area contributed by atoms with Crippen LogP contribution in [0.5, 0.6) is 0 Å². The van der Waals surface area contributed by atoms with Crippen LogP contribution in [0.15, 0.2) is 30.3 Å². The minimum absolute atomic E-state index is 0.111. The quantitative estimate of drug-likeness (QED) is 0.651. The number of amides is 1. The first-order valence-corrected chi connectivity index (χ1v) is 7.40. The lowest BCUT2D eigenvalue weighted by atomic mass is 10.0. The zero-order valence-electron chi connectivity index (χ0n) is 12.3. The van der Waals surface area contributed by atoms with Gasteiger partial charge < -0.3 is 15.4 Å². The van der Waals surface area contributed by atoms with Crippen molar-refractivity contribution in [3.05, 3.63) is 35.9 Å². The van der Waals surface area contributed by atoms with Gasteiger partial charge in [-0.2, -0.15) is 0 Å². The summed E-state index contributed by atoms with van der Waals surface area (Å²) >= 11 is 0. The van der Waals surface area contributed by atoms with Crippen LogP contribution in [0.2, 0.25) is 0 Å². The number of hydrogen-bond donors (Lipinski definition) is 1. The molecule has 0 saturated carbocycles. The Labute approximate surface area is 125 Å². The van der Waals surface area contributed by atoms with Crippen LogP contribution in [0.4, 0.5) is 0 Å². The van der Waals surface area contributed by atoms with Gasteiger partial charge in [-0.25, -0.2) is 4.79 Å². The zero-order chi connectivity index (χ0) is 15.2. The van der Waals surface area contributed by atoms with Crippen LogP contribution in [0, 0.1) is 0 Å². The van der Waals surface area contributed by atoms with Crippen LogP contribution in [-0.4, -0.2) is 42.0 Å². The summed E-state index contributed by atoms with van der Waals surface area (Å²) in [5.74, 6) is -0.972. The fraction of sp³-hybridized carbons (Fsp3) is 0.500. The zero-order valence-corrected chi connectivity index (χ0v) is 12.3. The van der Waals surface area contributed by atoms with Crippen molar-refractivity contribution in [1.82, 2.24) is 4.90 Å². The minimum atomic E-state index is -1.21. The lowest BCUT2D eigenvalue weighted by Gasteiger charge is -2.26. The number of hydrogen-bond acceptors (Lipinski definition) is 4. The van der Waals surface area contributed by atoms with Gasteiger partial charge in [-0.15, -0.1) is 0 Å². The summed E-state index contributed by atoms with van der Waals surface area (Å²) in [7, 11) is 0. The molecule has 5 heteroatoms. The SMILES string of the molecule is CCOC(=O)C(N)C(=O)N1CCCC1Cc1ccccc1. The number of ether oxygens (including phenoxy) is 1. The summed E-state index contributed by atoms with van der Waals surface area (Å²) in [5.41, 5.74) is 6.90. The second-order valence-corrected chi connectivity index (χ2v) is 5.25. The van der Waals surface area contributed by atoms with Crippen molar-refractivity contribution in [2.45, 2.75) is 38.3 Å². The highest BCUT2D eigenvalue weighted by molar-refractivity contribution is 6.01. The molecule has 1 amide bonds. The maximum absolute atomic E-state index is 12.4. The van der Waals surface area contributed by atoms with Gasteiger partial charge in [0.1, 0.15) is 0 Å². The summed E-state index contributed by atoms with van der Waals surface area (Å²) in [4.78, 5) is 25.7. The van der Waals surface area contributed by atoms with Crippen LogP contribution >= 0.6 is 0 Å².